The molecule has 3 N–H and O–H groups in total. The summed E-state index contributed by atoms with van der Waals surface area (Å²) in [4.78, 5) is 38.8. The summed E-state index contributed by atoms with van der Waals surface area (Å²) < 4.78 is 5.93. The molecule has 0 spiro atoms. The van der Waals surface area contributed by atoms with Gasteiger partial charge in [-0.25, -0.2) is 0 Å². The van der Waals surface area contributed by atoms with Gasteiger partial charge in [0.15, 0.2) is 0 Å². The van der Waals surface area contributed by atoms with Gasteiger partial charge in [-0.05, 0) is 49.6 Å². The van der Waals surface area contributed by atoms with Crippen LogP contribution in [0.1, 0.15) is 70.0 Å². The van der Waals surface area contributed by atoms with E-state index < -0.39 is 31.0 Å². The molecule has 0 aromatic heterocycles. The number of nitrogens with zero attached hydrogens (tertiary/aromatic N) is 1. The number of unbranched alkanes of at least 4 members (excludes halogenated alkanes) is 2. The highest BCUT2D eigenvalue weighted by atomic mass is 16.5. The summed E-state index contributed by atoms with van der Waals surface area (Å²) in [6.07, 6.45) is 3.66. The third-order valence-electron chi connectivity index (χ3n) is 7.41. The molecule has 0 saturated carbocycles. The van der Waals surface area contributed by atoms with Crippen molar-refractivity contribution in [1.29, 1.82) is 0 Å². The molecule has 182 valence electrons. The van der Waals surface area contributed by atoms with Gasteiger partial charge in [-0.15, -0.1) is 0 Å². The van der Waals surface area contributed by atoms with Gasteiger partial charge in [0.1, 0.15) is 5.75 Å². The molecule has 2 amide bonds. The zero-order valence-corrected chi connectivity index (χ0v) is 19.5. The van der Waals surface area contributed by atoms with Gasteiger partial charge in [0.2, 0.25) is 11.8 Å². The lowest BCUT2D eigenvalue weighted by Gasteiger charge is -2.42. The number of benzene rings is 1. The molecule has 9 heteroatoms. The van der Waals surface area contributed by atoms with Gasteiger partial charge in [-0.1, -0.05) is 43.5 Å². The average molecular weight is 469 g/mol. The first-order chi connectivity index (χ1) is 16.3. The minimum atomic E-state index is -1.18. The number of aliphatic carboxylic acids is 1. The van der Waals surface area contributed by atoms with Gasteiger partial charge in [-0.3, -0.25) is 19.3 Å². The number of carbonyl (C=O) groups excluding carboxylic acids is 2. The third kappa shape index (κ3) is 4.64. The number of imide groups is 1. The summed E-state index contributed by atoms with van der Waals surface area (Å²) in [7, 11) is -1.18. The van der Waals surface area contributed by atoms with Crippen molar-refractivity contribution in [3.8, 4) is 5.75 Å². The quantitative estimate of drug-likeness (QED) is 0.288. The average Bonchev–Trinajstić information content (AvgIpc) is 3.03. The Morgan fingerprint density at radius 1 is 1.15 bits per heavy atom. The predicted octanol–water partition coefficient (Wildman–Crippen LogP) is 3.24. The van der Waals surface area contributed by atoms with Crippen molar-refractivity contribution >= 4 is 24.9 Å². The molecule has 2 fully saturated rings. The number of hydrogen-bond acceptors (Lipinski definition) is 6. The molecule has 2 heterocycles. The van der Waals surface area contributed by atoms with Gasteiger partial charge in [0, 0.05) is 18.5 Å². The summed E-state index contributed by atoms with van der Waals surface area (Å²) in [6.45, 7) is 2.33. The Balaban J connectivity index is 1.58. The number of phenolic OH excluding ortho intramolecular Hbond substituents is 1. The Labute approximate surface area is 199 Å². The van der Waals surface area contributed by atoms with Crippen molar-refractivity contribution in [2.45, 2.75) is 64.4 Å². The lowest BCUT2D eigenvalue weighted by molar-refractivity contribution is -0.141. The fourth-order valence-electron chi connectivity index (χ4n) is 5.92. The first-order valence-corrected chi connectivity index (χ1v) is 12.2. The van der Waals surface area contributed by atoms with Gasteiger partial charge in [0.25, 0.3) is 0 Å². The number of likely N-dealkylation sites (tertiary alicyclic amines) is 1. The molecule has 1 aromatic carbocycles. The zero-order valence-electron chi connectivity index (χ0n) is 19.5. The van der Waals surface area contributed by atoms with Gasteiger partial charge in [-0.2, -0.15) is 0 Å². The molecule has 3 aliphatic rings. The predicted molar refractivity (Wildman–Crippen MR) is 124 cm³/mol. The highest BCUT2D eigenvalue weighted by Gasteiger charge is 2.57. The summed E-state index contributed by atoms with van der Waals surface area (Å²) in [5.41, 5.74) is 2.30. The number of para-hydroxylation sites is 1. The molecular weight excluding hydrogens is 437 g/mol. The van der Waals surface area contributed by atoms with Crippen molar-refractivity contribution in [1.82, 2.24) is 4.90 Å². The fourth-order valence-corrected chi connectivity index (χ4v) is 5.92. The van der Waals surface area contributed by atoms with Crippen molar-refractivity contribution in [2.24, 2.45) is 17.8 Å². The molecule has 34 heavy (non-hydrogen) atoms. The summed E-state index contributed by atoms with van der Waals surface area (Å²) >= 11 is 0. The van der Waals surface area contributed by atoms with Gasteiger partial charge >= 0.3 is 13.1 Å². The zero-order chi connectivity index (χ0) is 24.4. The minimum Gasteiger partial charge on any atom is -0.508 e. The van der Waals surface area contributed by atoms with Crippen LogP contribution >= 0.6 is 0 Å². The Morgan fingerprint density at radius 3 is 2.62 bits per heavy atom. The number of phenols is 1. The van der Waals surface area contributed by atoms with Crippen LogP contribution < -0.4 is 0 Å². The number of carboxylic acids is 1. The number of carbonyl (C=O) groups is 3. The highest BCUT2D eigenvalue weighted by molar-refractivity contribution is 6.53. The maximum Gasteiger partial charge on any atom is 0.487 e. The van der Waals surface area contributed by atoms with Crippen LogP contribution in [0.5, 0.6) is 5.75 Å². The van der Waals surface area contributed by atoms with Crippen LogP contribution in [-0.2, 0) is 19.0 Å². The standard InChI is InChI=1S/C25H32BNO7/c1-2-8-15-13-18-22(25(32)27(24(18)31)12-7-3-4-11-21(29)30)17-14-20(34-26(33)23(15)17)16-9-5-6-10-19(16)28/h5-6,9-10,17-18,20,22,28,33H,2-4,7-8,11-14H2,1H3,(H,29,30)/t17-,18-,20-,22+/m0/s1. The SMILES string of the molecule is CCCC1=C2B(O)O[C@H](c3ccccc3O)C[C@H]2[C@H]2C(=O)N(CCCCCC(=O)O)C(=O)[C@H]2C1. The summed E-state index contributed by atoms with van der Waals surface area (Å²) in [6, 6.07) is 6.82. The van der Waals surface area contributed by atoms with E-state index in [9.17, 15) is 24.5 Å². The second-order valence-electron chi connectivity index (χ2n) is 9.56. The topological polar surface area (TPSA) is 124 Å². The van der Waals surface area contributed by atoms with Gasteiger partial charge < -0.3 is 19.9 Å². The largest absolute Gasteiger partial charge is 0.508 e. The van der Waals surface area contributed by atoms with Crippen LogP contribution in [0.3, 0.4) is 0 Å². The normalized spacial score (nSPS) is 26.6. The smallest absolute Gasteiger partial charge is 0.487 e. The van der Waals surface area contributed by atoms with Crippen molar-refractivity contribution in [3.63, 3.8) is 0 Å². The second-order valence-corrected chi connectivity index (χ2v) is 9.56. The van der Waals surface area contributed by atoms with E-state index in [1.165, 1.54) is 4.90 Å². The molecule has 0 bridgehead atoms. The van der Waals surface area contributed by atoms with Gasteiger partial charge in [0.05, 0.1) is 17.9 Å². The number of aromatic hydroxyl groups is 1. The lowest BCUT2D eigenvalue weighted by Crippen LogP contribution is -2.45. The van der Waals surface area contributed by atoms with Crippen molar-refractivity contribution < 1.29 is 34.3 Å². The number of amides is 2. The summed E-state index contributed by atoms with van der Waals surface area (Å²) in [5, 5.41) is 30.1. The molecule has 0 unspecified atom stereocenters. The Bertz CT molecular complexity index is 993. The van der Waals surface area contributed by atoms with E-state index in [4.69, 9.17) is 9.76 Å². The fraction of sp³-hybridized carbons (Fsp3) is 0.560. The van der Waals surface area contributed by atoms with E-state index in [0.717, 1.165) is 23.9 Å². The molecule has 8 nitrogen and oxygen atoms in total. The number of hydrogen-bond donors (Lipinski definition) is 3. The Hall–Kier alpha value is -2.65. The molecule has 2 aliphatic heterocycles. The minimum absolute atomic E-state index is 0.0742. The first-order valence-electron chi connectivity index (χ1n) is 12.2. The van der Waals surface area contributed by atoms with E-state index in [1.54, 1.807) is 24.3 Å². The molecule has 4 atom stereocenters. The number of fused-ring (bicyclic) bond motifs is 3. The Morgan fingerprint density at radius 2 is 1.91 bits per heavy atom. The molecular formula is C25H32BNO7. The van der Waals surface area contributed by atoms with Crippen LogP contribution in [0.4, 0.5) is 0 Å². The van der Waals surface area contributed by atoms with E-state index in [1.807, 2.05) is 6.92 Å². The van der Waals surface area contributed by atoms with E-state index in [2.05, 4.69) is 0 Å². The monoisotopic (exact) mass is 469 g/mol. The number of allylic oxidation sites excluding steroid dienone is 2. The van der Waals surface area contributed by atoms with Crippen LogP contribution in [-0.4, -0.2) is 51.6 Å². The van der Waals surface area contributed by atoms with Crippen LogP contribution in [0.15, 0.2) is 35.3 Å². The van der Waals surface area contributed by atoms with Crippen LogP contribution in [0.25, 0.3) is 0 Å². The molecule has 0 radical (unpaired) electrons. The first kappa shape index (κ1) is 24.5. The third-order valence-corrected chi connectivity index (χ3v) is 7.41. The maximum atomic E-state index is 13.5. The second kappa shape index (κ2) is 10.3. The van der Waals surface area contributed by atoms with E-state index >= 15 is 0 Å². The van der Waals surface area contributed by atoms with Crippen molar-refractivity contribution in [3.05, 3.63) is 40.9 Å². The summed E-state index contributed by atoms with van der Waals surface area (Å²) in [5.74, 6) is -2.48. The van der Waals surface area contributed by atoms with Crippen LogP contribution in [0.2, 0.25) is 0 Å². The van der Waals surface area contributed by atoms with Crippen LogP contribution in [0, 0.1) is 17.8 Å². The number of carboxylic acid groups (broad SMARTS) is 1. The van der Waals surface area contributed by atoms with Crippen molar-refractivity contribution in [2.75, 3.05) is 6.54 Å². The molecule has 2 saturated heterocycles. The molecule has 4 rings (SSSR count). The molecule has 1 aliphatic carbocycles. The number of rotatable bonds is 9. The van der Waals surface area contributed by atoms with E-state index in [0.29, 0.717) is 37.7 Å². The molecule has 1 aromatic rings. The lowest BCUT2D eigenvalue weighted by atomic mass is 9.54. The highest BCUT2D eigenvalue weighted by Crippen LogP contribution is 2.52. The van der Waals surface area contributed by atoms with E-state index in [-0.39, 0.29) is 36.4 Å². The maximum absolute atomic E-state index is 13.5. The Kier molecular flexibility index (Phi) is 7.43.